The first-order valence-electron chi connectivity index (χ1n) is 3.12. The number of alkyl halides is 8. The van der Waals surface area contributed by atoms with Gasteiger partial charge in [-0.2, -0.15) is 43.5 Å². The average molecular weight is 296 g/mol. The van der Waals surface area contributed by atoms with E-state index >= 15 is 0 Å². The van der Waals surface area contributed by atoms with Crippen molar-refractivity contribution in [3.05, 3.63) is 0 Å². The second-order valence-corrected chi connectivity index (χ2v) is 3.88. The molecule has 0 aliphatic carbocycles. The van der Waals surface area contributed by atoms with Crippen molar-refractivity contribution in [2.75, 3.05) is 0 Å². The third-order valence-electron chi connectivity index (χ3n) is 1.08. The van der Waals surface area contributed by atoms with Crippen molar-refractivity contribution >= 4 is 16.1 Å². The van der Waals surface area contributed by atoms with Crippen molar-refractivity contribution in [2.45, 2.75) is 17.6 Å². The van der Waals surface area contributed by atoms with E-state index in [1.54, 1.807) is 0 Å². The van der Waals surface area contributed by atoms with E-state index in [1.807, 2.05) is 0 Å². The van der Waals surface area contributed by atoms with Crippen LogP contribution in [0.2, 0.25) is 0 Å². The molecule has 0 aliphatic heterocycles. The molecule has 0 bridgehead atoms. The Hall–Kier alpha value is -1.14. The molecule has 0 saturated heterocycles. The molecule has 0 N–H and O–H groups in total. The third kappa shape index (κ3) is 3.17. The molecule has 0 rings (SSSR count). The van der Waals surface area contributed by atoms with Gasteiger partial charge in [-0.05, 0) is 0 Å². The van der Waals surface area contributed by atoms with Gasteiger partial charge in [-0.25, -0.2) is 4.79 Å². The van der Waals surface area contributed by atoms with E-state index in [0.29, 0.717) is 0 Å². The Bertz CT molecular complexity index is 402. The topological polar surface area (TPSA) is 60.4 Å². The molecule has 0 aromatic rings. The zero-order chi connectivity index (χ0) is 14.3. The molecule has 4 nitrogen and oxygen atoms in total. The summed E-state index contributed by atoms with van der Waals surface area (Å²) in [5.74, 6) is -10.3. The maximum Gasteiger partial charge on any atom is 0.534 e. The number of hydrogen-bond donors (Lipinski definition) is 0. The Morgan fingerprint density at radius 1 is 0.882 bits per heavy atom. The minimum absolute atomic E-state index is 2.13. The number of carbonyl (C=O) groups excluding carboxylic acids is 1. The minimum atomic E-state index is -6.87. The van der Waals surface area contributed by atoms with Crippen LogP contribution in [-0.2, 0) is 19.1 Å². The largest absolute Gasteiger partial charge is 0.534 e. The predicted octanol–water partition coefficient (Wildman–Crippen LogP) is 1.58. The van der Waals surface area contributed by atoms with Crippen molar-refractivity contribution in [2.24, 2.45) is 0 Å². The zero-order valence-electron chi connectivity index (χ0n) is 7.06. The SMILES string of the molecule is O=C(OS(=O)(=O)C(F)(F)F)C(F)(F)C(F)(F)F. The lowest BCUT2D eigenvalue weighted by Gasteiger charge is -2.17. The van der Waals surface area contributed by atoms with Crippen LogP contribution in [0, 0.1) is 0 Å². The van der Waals surface area contributed by atoms with Gasteiger partial charge in [0.05, 0.1) is 0 Å². The molecule has 0 aromatic carbocycles. The Morgan fingerprint density at radius 3 is 1.47 bits per heavy atom. The minimum Gasteiger partial charge on any atom is -0.333 e. The smallest absolute Gasteiger partial charge is 0.333 e. The van der Waals surface area contributed by atoms with E-state index in [0.717, 1.165) is 0 Å². The predicted molar refractivity (Wildman–Crippen MR) is 32.1 cm³/mol. The average Bonchev–Trinajstić information content (AvgIpc) is 1.98. The zero-order valence-corrected chi connectivity index (χ0v) is 7.88. The van der Waals surface area contributed by atoms with E-state index in [2.05, 4.69) is 4.18 Å². The van der Waals surface area contributed by atoms with Crippen LogP contribution in [0.5, 0.6) is 0 Å². The van der Waals surface area contributed by atoms with Gasteiger partial charge in [-0.1, -0.05) is 0 Å². The van der Waals surface area contributed by atoms with Gasteiger partial charge in [0.2, 0.25) is 0 Å². The van der Waals surface area contributed by atoms with E-state index in [4.69, 9.17) is 0 Å². The van der Waals surface area contributed by atoms with Crippen molar-refractivity contribution in [1.82, 2.24) is 0 Å². The van der Waals surface area contributed by atoms with Gasteiger partial charge in [-0.15, -0.1) is 0 Å². The summed E-state index contributed by atoms with van der Waals surface area (Å²) in [6.07, 6.45) is -6.58. The molecule has 0 aromatic heterocycles. The number of halogens is 8. The van der Waals surface area contributed by atoms with Crippen LogP contribution < -0.4 is 0 Å². The summed E-state index contributed by atoms with van der Waals surface area (Å²) in [4.78, 5) is 10.0. The monoisotopic (exact) mass is 296 g/mol. The third-order valence-corrected chi connectivity index (χ3v) is 2.02. The fraction of sp³-hybridized carbons (Fsp3) is 0.750. The molecule has 0 spiro atoms. The Balaban J connectivity index is 5.17. The Labute approximate surface area is 87.3 Å². The second kappa shape index (κ2) is 3.96. The molecule has 0 unspecified atom stereocenters. The van der Waals surface area contributed by atoms with Crippen LogP contribution in [0.25, 0.3) is 0 Å². The fourth-order valence-electron chi connectivity index (χ4n) is 0.315. The van der Waals surface area contributed by atoms with Gasteiger partial charge in [0.15, 0.2) is 0 Å². The molecular weight excluding hydrogens is 296 g/mol. The van der Waals surface area contributed by atoms with Gasteiger partial charge < -0.3 is 4.18 Å². The first kappa shape index (κ1) is 15.9. The molecule has 0 aliphatic rings. The fourth-order valence-corrected chi connectivity index (χ4v) is 0.713. The highest BCUT2D eigenvalue weighted by atomic mass is 32.2. The van der Waals surface area contributed by atoms with Crippen molar-refractivity contribution in [1.29, 1.82) is 0 Å². The summed E-state index contributed by atoms with van der Waals surface area (Å²) in [5, 5.41) is 0. The van der Waals surface area contributed by atoms with Gasteiger partial charge >= 0.3 is 33.7 Å². The lowest BCUT2D eigenvalue weighted by atomic mass is 10.3. The van der Waals surface area contributed by atoms with Gasteiger partial charge in [0.1, 0.15) is 0 Å². The highest BCUT2D eigenvalue weighted by molar-refractivity contribution is 7.88. The van der Waals surface area contributed by atoms with Gasteiger partial charge in [-0.3, -0.25) is 0 Å². The van der Waals surface area contributed by atoms with Crippen molar-refractivity contribution in [3.8, 4) is 0 Å². The Kier molecular flexibility index (Phi) is 3.69. The van der Waals surface area contributed by atoms with Crippen molar-refractivity contribution in [3.63, 3.8) is 0 Å². The summed E-state index contributed by atoms with van der Waals surface area (Å²) in [6.45, 7) is 0. The molecule has 17 heavy (non-hydrogen) atoms. The van der Waals surface area contributed by atoms with E-state index in [1.165, 1.54) is 0 Å². The quantitative estimate of drug-likeness (QED) is 0.441. The van der Waals surface area contributed by atoms with Crippen LogP contribution in [0.4, 0.5) is 35.1 Å². The molecule has 0 radical (unpaired) electrons. The second-order valence-electron chi connectivity index (χ2n) is 2.34. The maximum atomic E-state index is 12.0. The van der Waals surface area contributed by atoms with Crippen LogP contribution >= 0.6 is 0 Å². The lowest BCUT2D eigenvalue weighted by molar-refractivity contribution is -0.276. The van der Waals surface area contributed by atoms with Crippen LogP contribution in [0.15, 0.2) is 0 Å². The summed E-state index contributed by atoms with van der Waals surface area (Å²) in [7, 11) is -6.87. The first-order chi connectivity index (χ1) is 7.13. The van der Waals surface area contributed by atoms with Crippen LogP contribution in [0.1, 0.15) is 0 Å². The van der Waals surface area contributed by atoms with E-state index in [-0.39, 0.29) is 0 Å². The summed E-state index contributed by atoms with van der Waals surface area (Å²) in [6, 6.07) is 0. The van der Waals surface area contributed by atoms with E-state index < -0.39 is 33.7 Å². The molecule has 13 heteroatoms. The molecule has 0 fully saturated rings. The number of rotatable bonds is 2. The highest BCUT2D eigenvalue weighted by Crippen LogP contribution is 2.37. The normalized spacial score (nSPS) is 14.6. The first-order valence-corrected chi connectivity index (χ1v) is 4.53. The summed E-state index contributed by atoms with van der Waals surface area (Å²) in [5.41, 5.74) is -6.30. The van der Waals surface area contributed by atoms with Crippen LogP contribution in [-0.4, -0.2) is 32.0 Å². The molecule has 0 atom stereocenters. The molecule has 102 valence electrons. The standard InChI is InChI=1S/C4F8O4S/c5-2(6,3(7,8)9)1(13)16-17(14,15)4(10,11)12. The maximum absolute atomic E-state index is 12.0. The van der Waals surface area contributed by atoms with Gasteiger partial charge in [0.25, 0.3) is 0 Å². The number of hydrogen-bond acceptors (Lipinski definition) is 4. The van der Waals surface area contributed by atoms with E-state index in [9.17, 15) is 48.3 Å². The van der Waals surface area contributed by atoms with Gasteiger partial charge in [0, 0.05) is 0 Å². The molecular formula is C4F8O4S. The summed E-state index contributed by atoms with van der Waals surface area (Å²) < 4.78 is 115. The lowest BCUT2D eigenvalue weighted by Crippen LogP contribution is -2.47. The molecule has 0 saturated carbocycles. The highest BCUT2D eigenvalue weighted by Gasteiger charge is 2.67. The Morgan fingerprint density at radius 2 is 1.24 bits per heavy atom. The number of carbonyl (C=O) groups is 1. The molecule has 0 heterocycles. The summed E-state index contributed by atoms with van der Waals surface area (Å²) >= 11 is 0. The van der Waals surface area contributed by atoms with Crippen molar-refractivity contribution < 1.29 is 52.5 Å². The van der Waals surface area contributed by atoms with Crippen LogP contribution in [0.3, 0.4) is 0 Å². The molecule has 0 amide bonds.